The Labute approximate surface area is 144 Å². The molecule has 0 aromatic heterocycles. The molecule has 0 rings (SSSR count). The van der Waals surface area contributed by atoms with Crippen LogP contribution in [0.3, 0.4) is 0 Å². The molecule has 0 radical (unpaired) electrons. The van der Waals surface area contributed by atoms with E-state index >= 15 is 0 Å². The van der Waals surface area contributed by atoms with Gasteiger partial charge in [0.25, 0.3) is 0 Å². The quantitative estimate of drug-likeness (QED) is 0.165. The zero-order chi connectivity index (χ0) is 20.9. The van der Waals surface area contributed by atoms with Crippen LogP contribution < -0.4 is 0 Å². The molecule has 0 heterocycles. The summed E-state index contributed by atoms with van der Waals surface area (Å²) in [6.45, 7) is 3.47. The van der Waals surface area contributed by atoms with E-state index < -0.39 is 43.8 Å². The Bertz CT molecular complexity index is 418. The van der Waals surface area contributed by atoms with E-state index in [9.17, 15) is 48.8 Å². The van der Waals surface area contributed by atoms with Gasteiger partial charge in [0, 0.05) is 0 Å². The van der Waals surface area contributed by atoms with Crippen LogP contribution in [0, 0.1) is 0 Å². The number of hydrogen-bond donors (Lipinski definition) is 1. The molecule has 1 nitrogen and oxygen atoms in total. The van der Waals surface area contributed by atoms with E-state index in [0.717, 1.165) is 6.42 Å². The van der Waals surface area contributed by atoms with E-state index in [0.29, 0.717) is 19.3 Å². The zero-order valence-electron chi connectivity index (χ0n) is 13.7. The first-order chi connectivity index (χ1) is 11.6. The third-order valence-corrected chi connectivity index (χ3v) is 7.67. The van der Waals surface area contributed by atoms with Gasteiger partial charge in [-0.25, -0.2) is 0 Å². The maximum atomic E-state index is 13.4. The summed E-state index contributed by atoms with van der Waals surface area (Å²) in [7, 11) is -7.49. The van der Waals surface area contributed by atoms with Crippen molar-refractivity contribution in [1.29, 1.82) is 0 Å². The van der Waals surface area contributed by atoms with Crippen LogP contribution in [0.25, 0.3) is 0 Å². The summed E-state index contributed by atoms with van der Waals surface area (Å²) in [5.41, 5.74) is -13.0. The molecule has 0 amide bonds. The minimum absolute atomic E-state index is 0.148. The van der Waals surface area contributed by atoms with Crippen molar-refractivity contribution < 1.29 is 48.8 Å². The van der Waals surface area contributed by atoms with Gasteiger partial charge in [-0.1, -0.05) is 0 Å². The van der Waals surface area contributed by atoms with Gasteiger partial charge in [0.15, 0.2) is 0 Å². The summed E-state index contributed by atoms with van der Waals surface area (Å²) in [6.07, 6.45) is -11.8. The Kier molecular flexibility index (Phi) is 8.88. The van der Waals surface area contributed by atoms with Crippen LogP contribution in [0.1, 0.15) is 44.9 Å². The van der Waals surface area contributed by atoms with Crippen LogP contribution in [-0.4, -0.2) is 34.7 Å². The summed E-state index contributed by atoms with van der Waals surface area (Å²) >= 11 is 0. The molecular weight excluding hydrogens is 405 g/mol. The van der Waals surface area contributed by atoms with Gasteiger partial charge in [0.05, 0.1) is 0 Å². The van der Waals surface area contributed by atoms with Crippen molar-refractivity contribution in [3.05, 3.63) is 12.7 Å². The van der Waals surface area contributed by atoms with E-state index in [-0.39, 0.29) is 12.8 Å². The molecule has 0 bridgehead atoms. The van der Waals surface area contributed by atoms with Crippen molar-refractivity contribution in [2.24, 2.45) is 0 Å². The Balaban J connectivity index is 5.19. The first kappa shape index (κ1) is 25.4. The number of halogens is 10. The molecule has 1 N–H and O–H groups in total. The molecule has 0 aliphatic heterocycles. The van der Waals surface area contributed by atoms with E-state index in [4.69, 9.17) is 0 Å². The number of alkyl halides is 10. The minimum atomic E-state index is -7.49. The molecule has 12 heteroatoms. The normalized spacial score (nSPS) is 15.2. The van der Waals surface area contributed by atoms with Crippen LogP contribution in [0.2, 0.25) is 0 Å². The average Bonchev–Trinajstić information content (AvgIpc) is 2.47. The monoisotopic (exact) mass is 426 g/mol. The third kappa shape index (κ3) is 5.47. The molecular formula is C14H21F10OP. The number of allylic oxidation sites excluding steroid dienone is 1. The molecule has 0 spiro atoms. The molecule has 0 aromatic carbocycles. The van der Waals surface area contributed by atoms with Crippen molar-refractivity contribution in [2.45, 2.75) is 68.6 Å². The van der Waals surface area contributed by atoms with Crippen LogP contribution in [0.5, 0.6) is 0 Å². The predicted octanol–water partition coefficient (Wildman–Crippen LogP) is 6.87. The van der Waals surface area contributed by atoms with Gasteiger partial charge in [0.1, 0.15) is 0 Å². The number of rotatable bonds is 11. The Morgan fingerprint density at radius 2 is 1.00 bits per heavy atom. The van der Waals surface area contributed by atoms with Crippen molar-refractivity contribution in [3.63, 3.8) is 0 Å². The molecule has 26 heavy (non-hydrogen) atoms. The summed E-state index contributed by atoms with van der Waals surface area (Å²) in [4.78, 5) is 9.40. The number of unbranched alkanes of at least 4 members (excludes halogenated alkanes) is 6. The summed E-state index contributed by atoms with van der Waals surface area (Å²) in [5.74, 6) is 0. The Morgan fingerprint density at radius 3 is 1.35 bits per heavy atom. The van der Waals surface area contributed by atoms with Crippen LogP contribution in [-0.2, 0) is 0 Å². The predicted molar refractivity (Wildman–Crippen MR) is 79.9 cm³/mol. The van der Waals surface area contributed by atoms with Gasteiger partial charge in [-0.3, -0.25) is 0 Å². The fourth-order valence-corrected chi connectivity index (χ4v) is 5.08. The third-order valence-electron chi connectivity index (χ3n) is 3.95. The van der Waals surface area contributed by atoms with Crippen molar-refractivity contribution in [3.8, 4) is 0 Å². The van der Waals surface area contributed by atoms with E-state index in [2.05, 4.69) is 6.58 Å². The molecule has 0 fully saturated rings. The van der Waals surface area contributed by atoms with Crippen molar-refractivity contribution in [2.75, 3.05) is 6.16 Å². The van der Waals surface area contributed by atoms with Crippen LogP contribution >= 0.6 is 7.49 Å². The molecule has 158 valence electrons. The summed E-state index contributed by atoms with van der Waals surface area (Å²) < 4.78 is 128. The van der Waals surface area contributed by atoms with Crippen molar-refractivity contribution in [1.82, 2.24) is 0 Å². The molecule has 0 saturated carbocycles. The second-order valence-electron chi connectivity index (χ2n) is 5.95. The van der Waals surface area contributed by atoms with Gasteiger partial charge in [-0.2, -0.15) is 0 Å². The topological polar surface area (TPSA) is 20.2 Å². The van der Waals surface area contributed by atoms with E-state index in [1.807, 2.05) is 0 Å². The summed E-state index contributed by atoms with van der Waals surface area (Å²) in [6, 6.07) is 0. The molecule has 0 aliphatic rings. The Hall–Kier alpha value is -0.570. The zero-order valence-corrected chi connectivity index (χ0v) is 14.7. The van der Waals surface area contributed by atoms with E-state index in [1.54, 1.807) is 6.08 Å². The SMILES string of the molecule is C=CCCCCCCCC[PH](O)(C(F)(F)C(F)(F)F)C(F)(F)C(F)(F)F. The van der Waals surface area contributed by atoms with Gasteiger partial charge in [-0.15, -0.1) is 0 Å². The second kappa shape index (κ2) is 9.08. The molecule has 0 atom stereocenters. The van der Waals surface area contributed by atoms with Gasteiger partial charge in [0.2, 0.25) is 0 Å². The van der Waals surface area contributed by atoms with Crippen LogP contribution in [0.15, 0.2) is 12.7 Å². The van der Waals surface area contributed by atoms with Gasteiger partial charge in [-0.05, 0) is 0 Å². The van der Waals surface area contributed by atoms with Crippen molar-refractivity contribution >= 4 is 7.49 Å². The maximum absolute atomic E-state index is 13.4. The van der Waals surface area contributed by atoms with Gasteiger partial charge >= 0.3 is 144 Å². The van der Waals surface area contributed by atoms with Crippen LogP contribution in [0.4, 0.5) is 43.9 Å². The fourth-order valence-electron chi connectivity index (χ4n) is 2.36. The molecule has 0 unspecified atom stereocenters. The standard InChI is InChI=1S/C14H21F10OP/c1-2-3-4-5-6-7-8-9-10-26(25,13(21,22)11(15,16)17)14(23,24)12(18,19)20/h2,25-26H,1,3-10H2. The molecule has 0 saturated heterocycles. The molecule has 0 aromatic rings. The van der Waals surface area contributed by atoms with E-state index in [1.165, 1.54) is 0 Å². The fraction of sp³-hybridized carbons (Fsp3) is 0.857. The average molecular weight is 426 g/mol. The van der Waals surface area contributed by atoms with Gasteiger partial charge < -0.3 is 0 Å². The first-order valence-electron chi connectivity index (χ1n) is 7.78. The molecule has 0 aliphatic carbocycles. The second-order valence-corrected chi connectivity index (χ2v) is 9.43. The first-order valence-corrected chi connectivity index (χ1v) is 9.94. The summed E-state index contributed by atoms with van der Waals surface area (Å²) in [5, 5.41) is 0. The Morgan fingerprint density at radius 1 is 0.654 bits per heavy atom. The number of hydrogen-bond acceptors (Lipinski definition) is 1.